The van der Waals surface area contributed by atoms with E-state index in [1.54, 1.807) is 0 Å². The monoisotopic (exact) mass is 331 g/mol. The summed E-state index contributed by atoms with van der Waals surface area (Å²) in [5.41, 5.74) is 7.55. The summed E-state index contributed by atoms with van der Waals surface area (Å²) in [4.78, 5) is 17.9. The molecular formula is C17H21N3O2S. The molecule has 0 spiro atoms. The minimum atomic E-state index is -0.274. The van der Waals surface area contributed by atoms with E-state index in [-0.39, 0.29) is 23.8 Å². The first-order chi connectivity index (χ1) is 10.9. The van der Waals surface area contributed by atoms with Gasteiger partial charge in [-0.3, -0.25) is 4.79 Å². The Kier molecular flexibility index (Phi) is 5.39. The van der Waals surface area contributed by atoms with E-state index in [2.05, 4.69) is 31.2 Å². The van der Waals surface area contributed by atoms with Crippen LogP contribution in [-0.4, -0.2) is 18.3 Å². The van der Waals surface area contributed by atoms with Crippen molar-refractivity contribution in [3.8, 4) is 0 Å². The molecule has 0 saturated heterocycles. The highest BCUT2D eigenvalue weighted by molar-refractivity contribution is 7.12. The average Bonchev–Trinajstić information content (AvgIpc) is 3.01. The third-order valence-electron chi connectivity index (χ3n) is 3.14. The van der Waals surface area contributed by atoms with Crippen LogP contribution in [0.1, 0.15) is 31.2 Å². The molecule has 0 aliphatic rings. The molecule has 0 radical (unpaired) electrons. The Morgan fingerprint density at radius 3 is 2.65 bits per heavy atom. The van der Waals surface area contributed by atoms with Gasteiger partial charge in [-0.05, 0) is 28.5 Å². The molecule has 2 rings (SSSR count). The van der Waals surface area contributed by atoms with Crippen LogP contribution < -0.4 is 11.1 Å². The zero-order chi connectivity index (χ0) is 16.9. The third kappa shape index (κ3) is 4.82. The van der Waals surface area contributed by atoms with Gasteiger partial charge in [-0.1, -0.05) is 50.2 Å². The summed E-state index contributed by atoms with van der Waals surface area (Å²) in [5, 5.41) is 8.51. The van der Waals surface area contributed by atoms with Crippen molar-refractivity contribution in [2.45, 2.75) is 26.2 Å². The normalized spacial score (nSPS) is 12.0. The zero-order valence-corrected chi connectivity index (χ0v) is 14.3. The number of hydrogen-bond acceptors (Lipinski definition) is 4. The molecule has 0 unspecified atom stereocenters. The fourth-order valence-corrected chi connectivity index (χ4v) is 2.68. The molecule has 0 bridgehead atoms. The van der Waals surface area contributed by atoms with Crippen LogP contribution in [-0.2, 0) is 15.0 Å². The molecule has 122 valence electrons. The lowest BCUT2D eigenvalue weighted by Gasteiger charge is -2.22. The number of anilines is 1. The van der Waals surface area contributed by atoms with E-state index in [9.17, 15) is 4.79 Å². The lowest BCUT2D eigenvalue weighted by atomic mass is 9.86. The van der Waals surface area contributed by atoms with Crippen molar-refractivity contribution in [1.82, 2.24) is 0 Å². The molecule has 23 heavy (non-hydrogen) atoms. The molecule has 0 fully saturated rings. The Hall–Kier alpha value is -2.34. The molecule has 6 heteroatoms. The molecule has 1 heterocycles. The van der Waals surface area contributed by atoms with Crippen molar-refractivity contribution in [2.24, 2.45) is 10.9 Å². The van der Waals surface area contributed by atoms with Crippen molar-refractivity contribution < 1.29 is 9.63 Å². The van der Waals surface area contributed by atoms with Crippen molar-refractivity contribution in [2.75, 3.05) is 11.9 Å². The van der Waals surface area contributed by atoms with Gasteiger partial charge in [0.1, 0.15) is 0 Å². The smallest absolute Gasteiger partial charge is 0.265 e. The van der Waals surface area contributed by atoms with Gasteiger partial charge in [-0.15, -0.1) is 11.3 Å². The molecule has 0 aliphatic heterocycles. The minimum Gasteiger partial charge on any atom is -0.384 e. The summed E-state index contributed by atoms with van der Waals surface area (Å²) in [6, 6.07) is 11.4. The van der Waals surface area contributed by atoms with E-state index >= 15 is 0 Å². The summed E-state index contributed by atoms with van der Waals surface area (Å²) >= 11 is 1.46. The van der Waals surface area contributed by atoms with E-state index < -0.39 is 0 Å². The van der Waals surface area contributed by atoms with Crippen molar-refractivity contribution >= 4 is 28.8 Å². The fraction of sp³-hybridized carbons (Fsp3) is 0.294. The number of carbonyl (C=O) groups excluding carboxylic acids is 1. The number of carbonyl (C=O) groups is 1. The van der Waals surface area contributed by atoms with Crippen molar-refractivity contribution in [1.29, 1.82) is 0 Å². The average molecular weight is 331 g/mol. The second-order valence-corrected chi connectivity index (χ2v) is 7.02. The van der Waals surface area contributed by atoms with E-state index in [0.29, 0.717) is 0 Å². The number of benzene rings is 1. The van der Waals surface area contributed by atoms with Gasteiger partial charge < -0.3 is 15.9 Å². The van der Waals surface area contributed by atoms with Gasteiger partial charge in [0.05, 0.1) is 4.88 Å². The lowest BCUT2D eigenvalue weighted by molar-refractivity contribution is -0.120. The highest BCUT2D eigenvalue weighted by Crippen LogP contribution is 2.29. The molecule has 1 amide bonds. The van der Waals surface area contributed by atoms with Gasteiger partial charge in [-0.2, -0.15) is 0 Å². The second-order valence-electron chi connectivity index (χ2n) is 6.07. The number of nitrogens with one attached hydrogen (secondary N) is 1. The molecule has 0 saturated carbocycles. The Morgan fingerprint density at radius 1 is 1.26 bits per heavy atom. The highest BCUT2D eigenvalue weighted by atomic mass is 32.1. The maximum Gasteiger partial charge on any atom is 0.265 e. The van der Waals surface area contributed by atoms with Gasteiger partial charge >= 0.3 is 0 Å². The quantitative estimate of drug-likeness (QED) is 0.501. The van der Waals surface area contributed by atoms with Crippen LogP contribution in [0.15, 0.2) is 46.9 Å². The zero-order valence-electron chi connectivity index (χ0n) is 13.5. The third-order valence-corrected chi connectivity index (χ3v) is 4.03. The van der Waals surface area contributed by atoms with Gasteiger partial charge in [0.2, 0.25) is 0 Å². The largest absolute Gasteiger partial charge is 0.384 e. The van der Waals surface area contributed by atoms with Gasteiger partial charge in [0.15, 0.2) is 12.4 Å². The molecule has 0 aliphatic carbocycles. The number of rotatable bonds is 5. The summed E-state index contributed by atoms with van der Waals surface area (Å²) < 4.78 is 0. The Bertz CT molecular complexity index is 688. The topological polar surface area (TPSA) is 76.7 Å². The maximum absolute atomic E-state index is 12.0. The Balaban J connectivity index is 1.95. The number of thiophene rings is 1. The summed E-state index contributed by atoms with van der Waals surface area (Å²) in [6.07, 6.45) is 0. The first-order valence-electron chi connectivity index (χ1n) is 7.26. The number of amides is 1. The summed E-state index contributed by atoms with van der Waals surface area (Å²) in [6.45, 7) is 6.10. The van der Waals surface area contributed by atoms with Crippen LogP contribution in [0.3, 0.4) is 0 Å². The minimum absolute atomic E-state index is 0.0630. The first kappa shape index (κ1) is 17.0. The first-order valence-corrected chi connectivity index (χ1v) is 8.14. The number of para-hydroxylation sites is 1. The Labute approximate surface area is 140 Å². The number of oxime groups is 1. The standard InChI is InChI=1S/C17H21N3O2S/c1-17(2,3)12-7-4-5-8-13(12)19-15(21)11-22-20-16(18)14-9-6-10-23-14/h4-10H,11H2,1-3H3,(H2,18,20)(H,19,21). The van der Waals surface area contributed by atoms with Crippen LogP contribution >= 0.6 is 11.3 Å². The highest BCUT2D eigenvalue weighted by Gasteiger charge is 2.18. The Morgan fingerprint density at radius 2 is 2.00 bits per heavy atom. The van der Waals surface area contributed by atoms with Crippen LogP contribution in [0.25, 0.3) is 0 Å². The van der Waals surface area contributed by atoms with Gasteiger partial charge in [0, 0.05) is 5.69 Å². The molecule has 1 aromatic heterocycles. The van der Waals surface area contributed by atoms with E-state index in [1.807, 2.05) is 41.8 Å². The van der Waals surface area contributed by atoms with Gasteiger partial charge in [-0.25, -0.2) is 0 Å². The predicted octanol–water partition coefficient (Wildman–Crippen LogP) is 3.32. The van der Waals surface area contributed by atoms with Crippen LogP contribution in [0, 0.1) is 0 Å². The summed E-state index contributed by atoms with van der Waals surface area (Å²) in [7, 11) is 0. The summed E-state index contributed by atoms with van der Waals surface area (Å²) in [5.74, 6) is -0.00711. The molecule has 5 nitrogen and oxygen atoms in total. The molecule has 0 atom stereocenters. The van der Waals surface area contributed by atoms with E-state index in [0.717, 1.165) is 16.1 Å². The molecule has 2 aromatic rings. The number of hydrogen-bond donors (Lipinski definition) is 2. The lowest BCUT2D eigenvalue weighted by Crippen LogP contribution is -2.22. The maximum atomic E-state index is 12.0. The predicted molar refractivity (Wildman–Crippen MR) is 94.8 cm³/mol. The SMILES string of the molecule is CC(C)(C)c1ccccc1NC(=O)CO/N=C(/N)c1cccs1. The number of nitrogens with two attached hydrogens (primary N) is 1. The number of nitrogens with zero attached hydrogens (tertiary/aromatic N) is 1. The second kappa shape index (κ2) is 7.28. The van der Waals surface area contributed by atoms with Crippen LogP contribution in [0.2, 0.25) is 0 Å². The van der Waals surface area contributed by atoms with Crippen LogP contribution in [0.4, 0.5) is 5.69 Å². The van der Waals surface area contributed by atoms with Gasteiger partial charge in [0.25, 0.3) is 5.91 Å². The fourth-order valence-electron chi connectivity index (χ4n) is 2.06. The molecule has 3 N–H and O–H groups in total. The molecular weight excluding hydrogens is 310 g/mol. The molecule has 1 aromatic carbocycles. The van der Waals surface area contributed by atoms with Crippen molar-refractivity contribution in [3.63, 3.8) is 0 Å². The van der Waals surface area contributed by atoms with E-state index in [4.69, 9.17) is 10.6 Å². The van der Waals surface area contributed by atoms with E-state index in [1.165, 1.54) is 11.3 Å². The van der Waals surface area contributed by atoms with Crippen molar-refractivity contribution in [3.05, 3.63) is 52.2 Å². The van der Waals surface area contributed by atoms with Crippen LogP contribution in [0.5, 0.6) is 0 Å². The number of amidine groups is 1.